The van der Waals surface area contributed by atoms with Gasteiger partial charge in [0.05, 0.1) is 12.8 Å². The maximum Gasteiger partial charge on any atom is 0.325 e. The van der Waals surface area contributed by atoms with Gasteiger partial charge in [-0.05, 0) is 73.8 Å². The molecule has 2 N–H and O–H groups in total. The number of rotatable bonds is 9. The molecule has 182 valence electrons. The quantitative estimate of drug-likeness (QED) is 0.378. The van der Waals surface area contributed by atoms with Crippen molar-refractivity contribution in [3.63, 3.8) is 0 Å². The first kappa shape index (κ1) is 25.6. The molecule has 2 saturated carbocycles. The normalized spacial score (nSPS) is 27.8. The fraction of sp³-hybridized carbons (Fsp3) is 0.760. The van der Waals surface area contributed by atoms with Crippen LogP contribution >= 0.6 is 7.60 Å². The fourth-order valence-electron chi connectivity index (χ4n) is 5.92. The second-order valence-electron chi connectivity index (χ2n) is 10.2. The Morgan fingerprint density at radius 2 is 1.59 bits per heavy atom. The van der Waals surface area contributed by atoms with Crippen molar-refractivity contribution in [1.82, 2.24) is 0 Å². The van der Waals surface area contributed by atoms with E-state index in [-0.39, 0.29) is 24.4 Å². The van der Waals surface area contributed by atoms with Gasteiger partial charge in [-0.1, -0.05) is 45.6 Å². The van der Waals surface area contributed by atoms with E-state index in [4.69, 9.17) is 14.5 Å². The highest BCUT2D eigenvalue weighted by atomic mass is 31.2. The molecule has 0 radical (unpaired) electrons. The number of hydrogen-bond acceptors (Lipinski definition) is 2. The molecule has 1 aromatic carbocycles. The van der Waals surface area contributed by atoms with Crippen LogP contribution < -0.4 is 4.74 Å². The maximum absolute atomic E-state index is 14.8. The van der Waals surface area contributed by atoms with Crippen LogP contribution in [-0.2, 0) is 4.57 Å². The molecule has 0 amide bonds. The smallest absolute Gasteiger partial charge is 0.325 e. The Balaban J connectivity index is 1.52. The molecule has 0 heterocycles. The van der Waals surface area contributed by atoms with E-state index in [0.29, 0.717) is 5.56 Å². The molecule has 2 aliphatic carbocycles. The first-order valence-corrected chi connectivity index (χ1v) is 14.1. The third-order valence-corrected chi connectivity index (χ3v) is 8.72. The van der Waals surface area contributed by atoms with Gasteiger partial charge in [0.15, 0.2) is 11.6 Å². The lowest BCUT2D eigenvalue weighted by Gasteiger charge is -2.38. The van der Waals surface area contributed by atoms with Gasteiger partial charge >= 0.3 is 7.60 Å². The van der Waals surface area contributed by atoms with E-state index in [9.17, 15) is 13.3 Å². The first-order valence-electron chi connectivity index (χ1n) is 12.3. The third-order valence-electron chi connectivity index (χ3n) is 7.62. The Labute approximate surface area is 191 Å². The SMILES string of the molecule is CCCC1CCC(C2CCC(c3ccc(OC[C@@H](C)CP(=O)(O)O)c(F)c3F)CC2)CC1. The van der Waals surface area contributed by atoms with Crippen LogP contribution in [0, 0.1) is 35.3 Å². The summed E-state index contributed by atoms with van der Waals surface area (Å²) in [7, 11) is -4.16. The van der Waals surface area contributed by atoms with Crippen LogP contribution in [-0.4, -0.2) is 22.6 Å². The van der Waals surface area contributed by atoms with Crippen LogP contribution in [0.15, 0.2) is 12.1 Å². The lowest BCUT2D eigenvalue weighted by molar-refractivity contribution is 0.155. The van der Waals surface area contributed by atoms with E-state index < -0.39 is 25.1 Å². The number of hydrogen-bond donors (Lipinski definition) is 2. The molecule has 0 spiro atoms. The molecule has 0 bridgehead atoms. The molecule has 0 unspecified atom stereocenters. The highest BCUT2D eigenvalue weighted by Crippen LogP contribution is 2.45. The molecule has 0 saturated heterocycles. The zero-order chi connectivity index (χ0) is 23.3. The molecule has 3 rings (SSSR count). The lowest BCUT2D eigenvalue weighted by Crippen LogP contribution is -2.25. The standard InChI is InChI=1S/C25H39F2O4P/c1-3-4-18-5-7-19(8-6-18)20-9-11-21(12-10-20)22-13-14-23(25(27)24(22)26)31-15-17(2)16-32(28,29)30/h13-14,17-21H,3-12,15-16H2,1-2H3,(H2,28,29,30)/t17-,18?,19?,20?,21?/m1/s1. The maximum atomic E-state index is 14.8. The summed E-state index contributed by atoms with van der Waals surface area (Å²) in [5.74, 6) is -0.0241. The van der Waals surface area contributed by atoms with Crippen molar-refractivity contribution in [2.75, 3.05) is 12.8 Å². The second kappa shape index (κ2) is 11.4. The van der Waals surface area contributed by atoms with E-state index in [1.165, 1.54) is 44.6 Å². The molecule has 32 heavy (non-hydrogen) atoms. The molecule has 1 aromatic rings. The number of benzene rings is 1. The van der Waals surface area contributed by atoms with E-state index in [1.807, 2.05) is 0 Å². The van der Waals surface area contributed by atoms with Crippen LogP contribution in [0.1, 0.15) is 89.5 Å². The van der Waals surface area contributed by atoms with Gasteiger partial charge in [-0.25, -0.2) is 4.39 Å². The number of halogens is 2. The Bertz CT molecular complexity index is 780. The minimum absolute atomic E-state index is 0.0415. The topological polar surface area (TPSA) is 66.8 Å². The average Bonchev–Trinajstić information content (AvgIpc) is 2.75. The van der Waals surface area contributed by atoms with E-state index >= 15 is 0 Å². The zero-order valence-electron chi connectivity index (χ0n) is 19.4. The van der Waals surface area contributed by atoms with Crippen molar-refractivity contribution in [2.24, 2.45) is 23.7 Å². The van der Waals surface area contributed by atoms with Crippen molar-refractivity contribution in [2.45, 2.75) is 84.0 Å². The lowest BCUT2D eigenvalue weighted by atomic mass is 9.68. The van der Waals surface area contributed by atoms with Crippen molar-refractivity contribution in [3.8, 4) is 5.75 Å². The molecular weight excluding hydrogens is 433 g/mol. The van der Waals surface area contributed by atoms with Crippen molar-refractivity contribution in [1.29, 1.82) is 0 Å². The summed E-state index contributed by atoms with van der Waals surface area (Å²) in [5.41, 5.74) is 0.434. The Kier molecular flexibility index (Phi) is 9.17. The summed E-state index contributed by atoms with van der Waals surface area (Å²) >= 11 is 0. The Morgan fingerprint density at radius 3 is 2.16 bits per heavy atom. The molecular formula is C25H39F2O4P. The van der Waals surface area contributed by atoms with Gasteiger partial charge in [0.25, 0.3) is 0 Å². The van der Waals surface area contributed by atoms with Crippen LogP contribution in [0.2, 0.25) is 0 Å². The summed E-state index contributed by atoms with van der Waals surface area (Å²) in [6.07, 6.45) is 11.6. The molecule has 2 aliphatic rings. The number of ether oxygens (including phenoxy) is 1. The van der Waals surface area contributed by atoms with Gasteiger partial charge < -0.3 is 14.5 Å². The Hall–Kier alpha value is -0.970. The molecule has 1 atom stereocenters. The van der Waals surface area contributed by atoms with Gasteiger partial charge in [-0.15, -0.1) is 0 Å². The predicted octanol–water partition coefficient (Wildman–Crippen LogP) is 7.04. The van der Waals surface area contributed by atoms with Crippen molar-refractivity contribution < 1.29 is 27.9 Å². The van der Waals surface area contributed by atoms with Gasteiger partial charge in [0.1, 0.15) is 0 Å². The Morgan fingerprint density at radius 1 is 1.00 bits per heavy atom. The van der Waals surface area contributed by atoms with Crippen LogP contribution in [0.5, 0.6) is 5.75 Å². The molecule has 0 aliphatic heterocycles. The van der Waals surface area contributed by atoms with Crippen LogP contribution in [0.3, 0.4) is 0 Å². The van der Waals surface area contributed by atoms with Gasteiger partial charge in [0, 0.05) is 5.92 Å². The van der Waals surface area contributed by atoms with Gasteiger partial charge in [0.2, 0.25) is 5.82 Å². The van der Waals surface area contributed by atoms with Crippen LogP contribution in [0.4, 0.5) is 8.78 Å². The minimum atomic E-state index is -4.16. The van der Waals surface area contributed by atoms with Crippen LogP contribution in [0.25, 0.3) is 0 Å². The van der Waals surface area contributed by atoms with Gasteiger partial charge in [-0.2, -0.15) is 4.39 Å². The van der Waals surface area contributed by atoms with Gasteiger partial charge in [-0.3, -0.25) is 4.57 Å². The highest BCUT2D eigenvalue weighted by molar-refractivity contribution is 7.51. The van der Waals surface area contributed by atoms with Crippen molar-refractivity contribution >= 4 is 7.60 Å². The summed E-state index contributed by atoms with van der Waals surface area (Å²) < 4.78 is 45.8. The summed E-state index contributed by atoms with van der Waals surface area (Å²) in [6, 6.07) is 3.08. The van der Waals surface area contributed by atoms with E-state index in [2.05, 4.69) is 6.92 Å². The highest BCUT2D eigenvalue weighted by Gasteiger charge is 2.32. The molecule has 7 heteroatoms. The minimum Gasteiger partial charge on any atom is -0.490 e. The molecule has 2 fully saturated rings. The first-order chi connectivity index (χ1) is 15.2. The zero-order valence-corrected chi connectivity index (χ0v) is 20.3. The second-order valence-corrected chi connectivity index (χ2v) is 11.9. The molecule has 0 aromatic heterocycles. The van der Waals surface area contributed by atoms with Crippen molar-refractivity contribution in [3.05, 3.63) is 29.3 Å². The van der Waals surface area contributed by atoms with E-state index in [0.717, 1.165) is 43.4 Å². The summed E-state index contributed by atoms with van der Waals surface area (Å²) in [4.78, 5) is 18.0. The van der Waals surface area contributed by atoms with E-state index in [1.54, 1.807) is 13.0 Å². The fourth-order valence-corrected chi connectivity index (χ4v) is 6.84. The molecule has 4 nitrogen and oxygen atoms in total. The average molecular weight is 473 g/mol. The third kappa shape index (κ3) is 7.01. The monoisotopic (exact) mass is 472 g/mol. The largest absolute Gasteiger partial charge is 0.490 e. The predicted molar refractivity (Wildman–Crippen MR) is 123 cm³/mol. The summed E-state index contributed by atoms with van der Waals surface area (Å²) in [6.45, 7) is 3.80. The summed E-state index contributed by atoms with van der Waals surface area (Å²) in [5, 5.41) is 0.